The molecular formula is C24H22ClN3O2. The summed E-state index contributed by atoms with van der Waals surface area (Å²) < 4.78 is 0. The van der Waals surface area contributed by atoms with Gasteiger partial charge in [-0.1, -0.05) is 54.1 Å². The maximum atomic E-state index is 13.2. The van der Waals surface area contributed by atoms with Gasteiger partial charge in [0.25, 0.3) is 11.8 Å². The molecule has 1 fully saturated rings. The van der Waals surface area contributed by atoms with Crippen LogP contribution in [-0.4, -0.2) is 42.9 Å². The lowest BCUT2D eigenvalue weighted by molar-refractivity contribution is 0.0748. The molecule has 1 aliphatic rings. The van der Waals surface area contributed by atoms with Gasteiger partial charge in [0.1, 0.15) is 0 Å². The third-order valence-electron chi connectivity index (χ3n) is 5.21. The van der Waals surface area contributed by atoms with E-state index in [-0.39, 0.29) is 11.8 Å². The lowest BCUT2D eigenvalue weighted by Crippen LogP contribution is -2.48. The predicted molar refractivity (Wildman–Crippen MR) is 120 cm³/mol. The Balaban J connectivity index is 1.47. The second-order valence-corrected chi connectivity index (χ2v) is 7.50. The number of rotatable bonds is 4. The Bertz CT molecular complexity index is 1050. The van der Waals surface area contributed by atoms with Crippen LogP contribution in [0.3, 0.4) is 0 Å². The van der Waals surface area contributed by atoms with Gasteiger partial charge in [0.05, 0.1) is 21.8 Å². The van der Waals surface area contributed by atoms with E-state index in [9.17, 15) is 9.59 Å². The number of hydrogen-bond donors (Lipinski definition) is 1. The summed E-state index contributed by atoms with van der Waals surface area (Å²) in [6.45, 7) is 2.79. The first kappa shape index (κ1) is 20.0. The number of nitrogens with zero attached hydrogens (tertiary/aromatic N) is 2. The summed E-state index contributed by atoms with van der Waals surface area (Å²) in [4.78, 5) is 29.9. The van der Waals surface area contributed by atoms with Crippen molar-refractivity contribution in [3.05, 3.63) is 95.0 Å². The number of benzene rings is 3. The standard InChI is InChI=1S/C24H22ClN3O2/c25-21-12-6-4-10-19(21)23(29)26-22-13-7-5-11-20(22)24(30)28-16-14-27(15-17-28)18-8-2-1-3-9-18/h1-13H,14-17H2,(H,26,29). The van der Waals surface area contributed by atoms with Gasteiger partial charge in [-0.15, -0.1) is 0 Å². The minimum absolute atomic E-state index is 0.0854. The molecule has 1 N–H and O–H groups in total. The Morgan fingerprint density at radius 3 is 2.03 bits per heavy atom. The Hall–Kier alpha value is -3.31. The Morgan fingerprint density at radius 2 is 1.33 bits per heavy atom. The topological polar surface area (TPSA) is 52.7 Å². The second-order valence-electron chi connectivity index (χ2n) is 7.09. The molecule has 4 rings (SSSR count). The zero-order valence-corrected chi connectivity index (χ0v) is 17.2. The van der Waals surface area contributed by atoms with Crippen LogP contribution < -0.4 is 10.2 Å². The SMILES string of the molecule is O=C(Nc1ccccc1C(=O)N1CCN(c2ccccc2)CC1)c1ccccc1Cl. The maximum absolute atomic E-state index is 13.2. The van der Waals surface area contributed by atoms with E-state index in [0.717, 1.165) is 18.8 Å². The van der Waals surface area contributed by atoms with Gasteiger partial charge < -0.3 is 15.1 Å². The fourth-order valence-electron chi connectivity index (χ4n) is 3.59. The predicted octanol–water partition coefficient (Wildman–Crippen LogP) is 4.55. The highest BCUT2D eigenvalue weighted by atomic mass is 35.5. The number of nitrogens with one attached hydrogen (secondary N) is 1. The molecule has 6 heteroatoms. The van der Waals surface area contributed by atoms with Crippen LogP contribution in [0.2, 0.25) is 5.02 Å². The van der Waals surface area contributed by atoms with E-state index in [4.69, 9.17) is 11.6 Å². The summed E-state index contributed by atoms with van der Waals surface area (Å²) in [5.74, 6) is -0.424. The third-order valence-corrected chi connectivity index (χ3v) is 5.54. The molecule has 30 heavy (non-hydrogen) atoms. The van der Waals surface area contributed by atoms with Gasteiger partial charge in [0.2, 0.25) is 0 Å². The first-order valence-corrected chi connectivity index (χ1v) is 10.3. The molecule has 0 aromatic heterocycles. The first-order valence-electron chi connectivity index (χ1n) is 9.87. The number of amides is 2. The molecule has 0 spiro atoms. The number of carbonyl (C=O) groups excluding carboxylic acids is 2. The summed E-state index contributed by atoms with van der Waals surface area (Å²) in [7, 11) is 0. The summed E-state index contributed by atoms with van der Waals surface area (Å²) >= 11 is 6.13. The lowest BCUT2D eigenvalue weighted by atomic mass is 10.1. The van der Waals surface area contributed by atoms with E-state index in [1.807, 2.05) is 23.1 Å². The van der Waals surface area contributed by atoms with E-state index in [1.54, 1.807) is 48.5 Å². The van der Waals surface area contributed by atoms with Crippen molar-refractivity contribution in [3.8, 4) is 0 Å². The Kier molecular flexibility index (Phi) is 6.00. The van der Waals surface area contributed by atoms with Gasteiger partial charge in [0.15, 0.2) is 0 Å². The van der Waals surface area contributed by atoms with Crippen molar-refractivity contribution in [2.24, 2.45) is 0 Å². The van der Waals surface area contributed by atoms with Gasteiger partial charge in [0, 0.05) is 31.9 Å². The highest BCUT2D eigenvalue weighted by molar-refractivity contribution is 6.34. The molecule has 0 bridgehead atoms. The highest BCUT2D eigenvalue weighted by Gasteiger charge is 2.24. The summed E-state index contributed by atoms with van der Waals surface area (Å²) in [6.07, 6.45) is 0. The summed E-state index contributed by atoms with van der Waals surface area (Å²) in [5.41, 5.74) is 2.50. The van der Waals surface area contributed by atoms with E-state index in [0.29, 0.717) is 34.9 Å². The molecule has 1 aliphatic heterocycles. The van der Waals surface area contributed by atoms with E-state index >= 15 is 0 Å². The van der Waals surface area contributed by atoms with Gasteiger partial charge in [-0.2, -0.15) is 0 Å². The molecule has 0 radical (unpaired) electrons. The van der Waals surface area contributed by atoms with E-state index in [1.165, 1.54) is 0 Å². The monoisotopic (exact) mass is 419 g/mol. The molecule has 0 saturated carbocycles. The molecule has 0 unspecified atom stereocenters. The van der Waals surface area contributed by atoms with Crippen molar-refractivity contribution in [1.82, 2.24) is 4.90 Å². The minimum Gasteiger partial charge on any atom is -0.368 e. The number of anilines is 2. The van der Waals surface area contributed by atoms with Crippen LogP contribution in [0.4, 0.5) is 11.4 Å². The molecular weight excluding hydrogens is 398 g/mol. The molecule has 5 nitrogen and oxygen atoms in total. The van der Waals surface area contributed by atoms with Gasteiger partial charge in [-0.3, -0.25) is 9.59 Å². The molecule has 3 aromatic carbocycles. The molecule has 2 amide bonds. The molecule has 1 heterocycles. The molecule has 3 aromatic rings. The molecule has 1 saturated heterocycles. The fourth-order valence-corrected chi connectivity index (χ4v) is 3.81. The minimum atomic E-state index is -0.338. The maximum Gasteiger partial charge on any atom is 0.257 e. The van der Waals surface area contributed by atoms with Crippen LogP contribution in [0.1, 0.15) is 20.7 Å². The van der Waals surface area contributed by atoms with Gasteiger partial charge >= 0.3 is 0 Å². The van der Waals surface area contributed by atoms with Crippen molar-refractivity contribution in [2.45, 2.75) is 0 Å². The van der Waals surface area contributed by atoms with Crippen LogP contribution in [0.25, 0.3) is 0 Å². The number of para-hydroxylation sites is 2. The fraction of sp³-hybridized carbons (Fsp3) is 0.167. The second kappa shape index (κ2) is 9.01. The summed E-state index contributed by atoms with van der Waals surface area (Å²) in [5, 5.41) is 3.21. The zero-order chi connectivity index (χ0) is 20.9. The van der Waals surface area contributed by atoms with Crippen molar-refractivity contribution < 1.29 is 9.59 Å². The summed E-state index contributed by atoms with van der Waals surface area (Å²) in [6, 6.07) is 24.1. The highest BCUT2D eigenvalue weighted by Crippen LogP contribution is 2.22. The lowest BCUT2D eigenvalue weighted by Gasteiger charge is -2.36. The number of piperazine rings is 1. The first-order chi connectivity index (χ1) is 14.6. The van der Waals surface area contributed by atoms with Crippen LogP contribution in [0, 0.1) is 0 Å². The number of halogens is 1. The smallest absolute Gasteiger partial charge is 0.257 e. The van der Waals surface area contributed by atoms with Crippen molar-refractivity contribution in [3.63, 3.8) is 0 Å². The van der Waals surface area contributed by atoms with Crippen molar-refractivity contribution in [2.75, 3.05) is 36.4 Å². The van der Waals surface area contributed by atoms with Crippen LogP contribution >= 0.6 is 11.6 Å². The quantitative estimate of drug-likeness (QED) is 0.674. The third kappa shape index (κ3) is 4.31. The molecule has 0 atom stereocenters. The van der Waals surface area contributed by atoms with Crippen LogP contribution in [-0.2, 0) is 0 Å². The van der Waals surface area contributed by atoms with Crippen molar-refractivity contribution in [1.29, 1.82) is 0 Å². The van der Waals surface area contributed by atoms with Gasteiger partial charge in [-0.25, -0.2) is 0 Å². The average molecular weight is 420 g/mol. The Morgan fingerprint density at radius 1 is 0.733 bits per heavy atom. The van der Waals surface area contributed by atoms with Gasteiger partial charge in [-0.05, 0) is 36.4 Å². The largest absolute Gasteiger partial charge is 0.368 e. The Labute approximate surface area is 180 Å². The zero-order valence-electron chi connectivity index (χ0n) is 16.4. The van der Waals surface area contributed by atoms with Crippen LogP contribution in [0.15, 0.2) is 78.9 Å². The average Bonchev–Trinajstić information content (AvgIpc) is 2.80. The van der Waals surface area contributed by atoms with E-state index in [2.05, 4.69) is 22.3 Å². The number of hydrogen-bond acceptors (Lipinski definition) is 3. The molecule has 152 valence electrons. The van der Waals surface area contributed by atoms with Crippen LogP contribution in [0.5, 0.6) is 0 Å². The number of carbonyl (C=O) groups is 2. The molecule has 0 aliphatic carbocycles. The van der Waals surface area contributed by atoms with Crippen molar-refractivity contribution >= 4 is 34.8 Å². The normalized spacial score (nSPS) is 13.8. The van der Waals surface area contributed by atoms with E-state index < -0.39 is 0 Å².